The smallest absolute Gasteiger partial charge is 0.371 e. The van der Waals surface area contributed by atoms with Gasteiger partial charge in [-0.05, 0) is 37.5 Å². The zero-order valence-corrected chi connectivity index (χ0v) is 22.8. The van der Waals surface area contributed by atoms with Gasteiger partial charge >= 0.3 is 6.18 Å². The van der Waals surface area contributed by atoms with E-state index >= 15 is 0 Å². The first-order valence-electron chi connectivity index (χ1n) is 12.7. The number of anilines is 1. The van der Waals surface area contributed by atoms with Crippen LogP contribution in [0.5, 0.6) is 0 Å². The molecule has 1 fully saturated rings. The molecule has 2 aliphatic rings. The van der Waals surface area contributed by atoms with Crippen LogP contribution < -0.4 is 4.90 Å². The number of alkyl halides is 3. The Morgan fingerprint density at radius 1 is 1.10 bits per heavy atom. The number of rotatable bonds is 7. The van der Waals surface area contributed by atoms with Crippen molar-refractivity contribution in [1.82, 2.24) is 9.80 Å². The van der Waals surface area contributed by atoms with Gasteiger partial charge in [-0.15, -0.1) is 0 Å². The van der Waals surface area contributed by atoms with Crippen molar-refractivity contribution in [2.45, 2.75) is 31.0 Å². The molecular formula is C29H31ClF3N3O3. The molecule has 2 aromatic carbocycles. The molecule has 1 N–H and O–H groups in total. The highest BCUT2D eigenvalue weighted by Gasteiger charge is 2.61. The average Bonchev–Trinajstić information content (AvgIpc) is 2.91. The fraction of sp³-hybridized carbons (Fsp3) is 0.448. The van der Waals surface area contributed by atoms with Crippen LogP contribution in [-0.4, -0.2) is 73.7 Å². The third-order valence-electron chi connectivity index (χ3n) is 7.78. The Labute approximate surface area is 231 Å². The second-order valence-electron chi connectivity index (χ2n) is 10.4. The maximum Gasteiger partial charge on any atom is 0.430 e. The van der Waals surface area contributed by atoms with Crippen molar-refractivity contribution < 1.29 is 27.9 Å². The molecule has 0 saturated carbocycles. The quantitative estimate of drug-likeness (QED) is 0.504. The molecule has 2 amide bonds. The van der Waals surface area contributed by atoms with Crippen molar-refractivity contribution in [2.24, 2.45) is 11.3 Å². The molecule has 2 atom stereocenters. The number of piperidine rings is 1. The maximum absolute atomic E-state index is 13.9. The molecule has 1 spiro atoms. The van der Waals surface area contributed by atoms with Gasteiger partial charge in [0, 0.05) is 63.4 Å². The Hall–Kier alpha value is -3.22. The van der Waals surface area contributed by atoms with Gasteiger partial charge in [-0.2, -0.15) is 13.2 Å². The first kappa shape index (κ1) is 28.8. The maximum atomic E-state index is 13.9. The van der Waals surface area contributed by atoms with Crippen molar-refractivity contribution in [1.29, 1.82) is 0 Å². The number of nitrogens with zero attached hydrogens (tertiary/aromatic N) is 3. The molecule has 1 heterocycles. The van der Waals surface area contributed by atoms with Crippen molar-refractivity contribution in [3.63, 3.8) is 0 Å². The lowest BCUT2D eigenvalue weighted by atomic mass is 9.62. The van der Waals surface area contributed by atoms with Crippen LogP contribution in [0.1, 0.15) is 35.2 Å². The number of hydrogen-bond acceptors (Lipinski definition) is 4. The Morgan fingerprint density at radius 2 is 1.74 bits per heavy atom. The third-order valence-corrected chi connectivity index (χ3v) is 8.10. The Morgan fingerprint density at radius 3 is 2.26 bits per heavy atom. The van der Waals surface area contributed by atoms with Crippen molar-refractivity contribution >= 4 is 29.1 Å². The van der Waals surface area contributed by atoms with E-state index < -0.39 is 23.2 Å². The van der Waals surface area contributed by atoms with Gasteiger partial charge in [-0.25, -0.2) is 0 Å². The molecule has 2 unspecified atom stereocenters. The van der Waals surface area contributed by atoms with Gasteiger partial charge in [0.05, 0.1) is 10.6 Å². The highest BCUT2D eigenvalue weighted by Crippen LogP contribution is 2.46. The van der Waals surface area contributed by atoms with Gasteiger partial charge in [0.2, 0.25) is 0 Å². The van der Waals surface area contributed by atoms with E-state index in [1.807, 2.05) is 6.07 Å². The Kier molecular flexibility index (Phi) is 7.93. The summed E-state index contributed by atoms with van der Waals surface area (Å²) in [6.45, 7) is 1.45. The minimum atomic E-state index is -5.18. The number of carbonyl (C=O) groups is 2. The predicted octanol–water partition coefficient (Wildman–Crippen LogP) is 4.56. The standard InChI is InChI=1S/C29H31ClF3N3O3/c1-34(2)25(37)23-10-9-22(19-24(23)30)36-17-14-27(15-18-36)13-11-20(27)12-16-35(3)26(38)28(39,29(31,32)33)21-7-5-4-6-8-21/h4-10,19-20,39H,12,14-18H2,1-3H3. The molecule has 0 bridgehead atoms. The van der Waals surface area contributed by atoms with Crippen LogP contribution in [0, 0.1) is 23.2 Å². The van der Waals surface area contributed by atoms with E-state index in [2.05, 4.69) is 16.7 Å². The summed E-state index contributed by atoms with van der Waals surface area (Å²) in [5, 5.41) is 11.0. The number of halogens is 4. The number of hydrogen-bond donors (Lipinski definition) is 1. The number of carbonyl (C=O) groups excluding carboxylic acids is 2. The Bertz CT molecular complexity index is 1300. The molecule has 1 saturated heterocycles. The van der Waals surface area contributed by atoms with E-state index in [-0.39, 0.29) is 23.8 Å². The van der Waals surface area contributed by atoms with E-state index in [4.69, 9.17) is 11.6 Å². The van der Waals surface area contributed by atoms with Gasteiger partial charge in [-0.1, -0.05) is 53.8 Å². The SMILES string of the molecule is CN(C)C(=O)c1ccc(N2CCC3(C#CC3CCN(C)C(=O)C(O)(c3ccccc3)C(F)(F)F)CC2)cc1Cl. The second kappa shape index (κ2) is 10.7. The molecule has 39 heavy (non-hydrogen) atoms. The lowest BCUT2D eigenvalue weighted by molar-refractivity contribution is -0.261. The molecule has 4 rings (SSSR count). The molecule has 1 aliphatic carbocycles. The molecular weight excluding hydrogens is 531 g/mol. The van der Waals surface area contributed by atoms with E-state index in [1.165, 1.54) is 30.1 Å². The number of benzene rings is 2. The zero-order valence-electron chi connectivity index (χ0n) is 22.1. The van der Waals surface area contributed by atoms with Crippen LogP contribution in [-0.2, 0) is 10.4 Å². The van der Waals surface area contributed by atoms with E-state index in [1.54, 1.807) is 26.2 Å². The van der Waals surface area contributed by atoms with Crippen LogP contribution in [0.3, 0.4) is 0 Å². The zero-order chi connectivity index (χ0) is 28.6. The molecule has 208 valence electrons. The first-order valence-corrected chi connectivity index (χ1v) is 13.1. The lowest BCUT2D eigenvalue weighted by Gasteiger charge is -2.46. The largest absolute Gasteiger partial charge is 0.430 e. The molecule has 0 radical (unpaired) electrons. The normalized spacial score (nSPS) is 19.4. The minimum absolute atomic E-state index is 0.0336. The summed E-state index contributed by atoms with van der Waals surface area (Å²) in [4.78, 5) is 29.8. The summed E-state index contributed by atoms with van der Waals surface area (Å²) in [7, 11) is 4.61. The summed E-state index contributed by atoms with van der Waals surface area (Å²) in [6, 6.07) is 11.8. The third kappa shape index (κ3) is 5.32. The second-order valence-corrected chi connectivity index (χ2v) is 10.8. The van der Waals surface area contributed by atoms with Crippen molar-refractivity contribution in [3.8, 4) is 11.8 Å². The summed E-state index contributed by atoms with van der Waals surface area (Å²) in [5.74, 6) is 4.78. The van der Waals surface area contributed by atoms with Crippen LogP contribution in [0.25, 0.3) is 0 Å². The fourth-order valence-electron chi connectivity index (χ4n) is 5.27. The minimum Gasteiger partial charge on any atom is -0.371 e. The van der Waals surface area contributed by atoms with Gasteiger partial charge in [0.25, 0.3) is 17.4 Å². The van der Waals surface area contributed by atoms with Crippen molar-refractivity contribution in [3.05, 3.63) is 64.7 Å². The molecule has 6 nitrogen and oxygen atoms in total. The summed E-state index contributed by atoms with van der Waals surface area (Å²) < 4.78 is 41.7. The van der Waals surface area contributed by atoms with E-state index in [0.717, 1.165) is 35.6 Å². The number of likely N-dealkylation sites (N-methyl/N-ethyl adjacent to an activating group) is 1. The molecule has 0 aromatic heterocycles. The summed E-state index contributed by atoms with van der Waals surface area (Å²) in [5.41, 5.74) is -3.05. The van der Waals surface area contributed by atoms with Gasteiger partial charge in [0.15, 0.2) is 0 Å². The summed E-state index contributed by atoms with van der Waals surface area (Å²) in [6.07, 6.45) is -3.25. The van der Waals surface area contributed by atoms with Crippen LogP contribution in [0.4, 0.5) is 18.9 Å². The van der Waals surface area contributed by atoms with Gasteiger partial charge < -0.3 is 19.8 Å². The monoisotopic (exact) mass is 561 g/mol. The van der Waals surface area contributed by atoms with Crippen LogP contribution in [0.15, 0.2) is 48.5 Å². The van der Waals surface area contributed by atoms with E-state index in [0.29, 0.717) is 30.1 Å². The Balaban J connectivity index is 1.37. The van der Waals surface area contributed by atoms with E-state index in [9.17, 15) is 27.9 Å². The van der Waals surface area contributed by atoms with Crippen LogP contribution >= 0.6 is 11.6 Å². The van der Waals surface area contributed by atoms with Crippen molar-refractivity contribution in [2.75, 3.05) is 45.7 Å². The first-order chi connectivity index (χ1) is 18.3. The molecule has 10 heteroatoms. The van der Waals surface area contributed by atoms with Gasteiger partial charge in [0.1, 0.15) is 0 Å². The average molecular weight is 562 g/mol. The lowest BCUT2D eigenvalue weighted by Crippen LogP contribution is -2.55. The topological polar surface area (TPSA) is 64.1 Å². The molecule has 1 aliphatic heterocycles. The predicted molar refractivity (Wildman–Crippen MR) is 143 cm³/mol. The number of aliphatic hydroxyl groups is 1. The fourth-order valence-corrected chi connectivity index (χ4v) is 5.52. The number of amides is 2. The van der Waals surface area contributed by atoms with Crippen LogP contribution in [0.2, 0.25) is 5.02 Å². The highest BCUT2D eigenvalue weighted by atomic mass is 35.5. The molecule has 2 aromatic rings. The highest BCUT2D eigenvalue weighted by molar-refractivity contribution is 6.34. The summed E-state index contributed by atoms with van der Waals surface area (Å²) >= 11 is 6.38. The van der Waals surface area contributed by atoms with Gasteiger partial charge in [-0.3, -0.25) is 9.59 Å².